The maximum absolute atomic E-state index is 10.8. The Balaban J connectivity index is 1.55. The van der Waals surface area contributed by atoms with Crippen molar-refractivity contribution in [1.29, 1.82) is 0 Å². The first kappa shape index (κ1) is 20.6. The van der Waals surface area contributed by atoms with Gasteiger partial charge in [0.25, 0.3) is 0 Å². The molecule has 1 N–H and O–H groups in total. The molecule has 0 spiro atoms. The molecule has 0 saturated carbocycles. The van der Waals surface area contributed by atoms with Crippen LogP contribution >= 0.6 is 7.92 Å². The number of benzene rings is 4. The van der Waals surface area contributed by atoms with Gasteiger partial charge in [-0.3, -0.25) is 0 Å². The van der Waals surface area contributed by atoms with E-state index in [2.05, 4.69) is 66.7 Å². The molecule has 0 amide bonds. The standard InChI is InChI=1S/C28H24NO2P/c30-27(21-12-4-1-5-13-21)25-20-31-28(29-25)24-18-10-11-19-26(24)32(22-14-6-2-7-15-22)23-16-8-3-9-17-23/h1-19,25,27,30H,20H2/t25-,27-/m0/s1. The number of nitrogens with zero attached hydrogens (tertiary/aromatic N) is 1. The third-order valence-corrected chi connectivity index (χ3v) is 8.08. The van der Waals surface area contributed by atoms with Crippen LogP contribution in [0.3, 0.4) is 0 Å². The number of aliphatic imine (C=N–C) groups is 1. The lowest BCUT2D eigenvalue weighted by Crippen LogP contribution is -2.25. The fraction of sp³-hybridized carbons (Fsp3) is 0.107. The van der Waals surface area contributed by atoms with Gasteiger partial charge in [0.05, 0.1) is 0 Å². The number of hydrogen-bond donors (Lipinski definition) is 1. The van der Waals surface area contributed by atoms with Crippen LogP contribution in [0.25, 0.3) is 0 Å². The summed E-state index contributed by atoms with van der Waals surface area (Å²) in [5, 5.41) is 14.6. The molecule has 0 aromatic heterocycles. The molecule has 4 aromatic carbocycles. The summed E-state index contributed by atoms with van der Waals surface area (Å²) in [6, 6.07) is 38.9. The van der Waals surface area contributed by atoms with E-state index < -0.39 is 14.0 Å². The topological polar surface area (TPSA) is 41.8 Å². The Kier molecular flexibility index (Phi) is 6.11. The molecule has 158 valence electrons. The van der Waals surface area contributed by atoms with Gasteiger partial charge in [0.2, 0.25) is 5.90 Å². The zero-order valence-corrected chi connectivity index (χ0v) is 18.5. The molecule has 0 saturated heterocycles. The molecule has 0 aliphatic carbocycles. The van der Waals surface area contributed by atoms with Crippen molar-refractivity contribution in [2.45, 2.75) is 12.1 Å². The molecular weight excluding hydrogens is 413 g/mol. The van der Waals surface area contributed by atoms with Crippen LogP contribution in [0, 0.1) is 0 Å². The van der Waals surface area contributed by atoms with Gasteiger partial charge in [-0.05, 0) is 35.5 Å². The SMILES string of the molecule is O[C@@H](c1ccccc1)[C@@H]1COC(c2ccccc2P(c2ccccc2)c2ccccc2)=N1. The number of ether oxygens (including phenoxy) is 1. The fourth-order valence-electron chi connectivity index (χ4n) is 4.00. The first-order chi connectivity index (χ1) is 15.8. The average molecular weight is 437 g/mol. The van der Waals surface area contributed by atoms with Crippen LogP contribution in [0.4, 0.5) is 0 Å². The quantitative estimate of drug-likeness (QED) is 0.457. The molecule has 32 heavy (non-hydrogen) atoms. The highest BCUT2D eigenvalue weighted by Gasteiger charge is 2.30. The predicted molar refractivity (Wildman–Crippen MR) is 133 cm³/mol. The molecule has 4 aromatic rings. The van der Waals surface area contributed by atoms with Gasteiger partial charge in [-0.15, -0.1) is 0 Å². The largest absolute Gasteiger partial charge is 0.475 e. The molecule has 3 nitrogen and oxygen atoms in total. The van der Waals surface area contributed by atoms with Crippen LogP contribution in [0.5, 0.6) is 0 Å². The first-order valence-corrected chi connectivity index (χ1v) is 12.1. The highest BCUT2D eigenvalue weighted by atomic mass is 31.1. The van der Waals surface area contributed by atoms with Crippen molar-refractivity contribution in [1.82, 2.24) is 0 Å². The summed E-state index contributed by atoms with van der Waals surface area (Å²) in [6.07, 6.45) is -0.689. The minimum atomic E-state index is -0.780. The Bertz CT molecular complexity index is 1160. The van der Waals surface area contributed by atoms with E-state index in [0.717, 1.165) is 11.1 Å². The van der Waals surface area contributed by atoms with E-state index in [-0.39, 0.29) is 6.04 Å². The lowest BCUT2D eigenvalue weighted by atomic mass is 10.0. The van der Waals surface area contributed by atoms with Crippen LogP contribution < -0.4 is 15.9 Å². The Labute approximate surface area is 189 Å². The molecule has 1 aliphatic rings. The van der Waals surface area contributed by atoms with E-state index in [1.165, 1.54) is 15.9 Å². The molecule has 2 atom stereocenters. The molecule has 0 radical (unpaired) electrons. The Morgan fingerprint density at radius 3 is 1.88 bits per heavy atom. The molecule has 0 bridgehead atoms. The summed E-state index contributed by atoms with van der Waals surface area (Å²) in [6.45, 7) is 0.369. The van der Waals surface area contributed by atoms with E-state index in [1.807, 2.05) is 48.5 Å². The number of hydrogen-bond acceptors (Lipinski definition) is 3. The number of rotatable bonds is 6. The second-order valence-electron chi connectivity index (χ2n) is 7.69. The number of aliphatic hydroxyl groups excluding tert-OH is 1. The summed E-state index contributed by atoms with van der Waals surface area (Å²) in [5.41, 5.74) is 1.85. The van der Waals surface area contributed by atoms with Gasteiger partial charge in [0.1, 0.15) is 18.8 Å². The van der Waals surface area contributed by atoms with Gasteiger partial charge < -0.3 is 9.84 Å². The van der Waals surface area contributed by atoms with Crippen LogP contribution in [0.15, 0.2) is 120 Å². The van der Waals surface area contributed by atoms with Crippen LogP contribution in [0.2, 0.25) is 0 Å². The highest BCUT2D eigenvalue weighted by Crippen LogP contribution is 2.35. The van der Waals surface area contributed by atoms with Crippen molar-refractivity contribution in [2.24, 2.45) is 4.99 Å². The van der Waals surface area contributed by atoms with E-state index in [0.29, 0.717) is 12.5 Å². The predicted octanol–water partition coefficient (Wildman–Crippen LogP) is 4.32. The normalized spacial score (nSPS) is 16.4. The summed E-state index contributed by atoms with van der Waals surface area (Å²) in [4.78, 5) is 4.82. The Morgan fingerprint density at radius 1 is 0.719 bits per heavy atom. The molecule has 0 fully saturated rings. The summed E-state index contributed by atoms with van der Waals surface area (Å²) >= 11 is 0. The Hall–Kier alpha value is -3.26. The molecule has 4 heteroatoms. The van der Waals surface area contributed by atoms with Crippen LogP contribution in [-0.2, 0) is 4.74 Å². The second kappa shape index (κ2) is 9.48. The van der Waals surface area contributed by atoms with Gasteiger partial charge >= 0.3 is 0 Å². The molecular formula is C28H24NO2P. The smallest absolute Gasteiger partial charge is 0.217 e. The van der Waals surface area contributed by atoms with Gasteiger partial charge in [0.15, 0.2) is 0 Å². The second-order valence-corrected chi connectivity index (χ2v) is 9.88. The summed E-state index contributed by atoms with van der Waals surface area (Å²) < 4.78 is 6.06. The molecule has 1 heterocycles. The van der Waals surface area contributed by atoms with Crippen molar-refractivity contribution < 1.29 is 9.84 Å². The monoisotopic (exact) mass is 437 g/mol. The minimum Gasteiger partial charge on any atom is -0.475 e. The van der Waals surface area contributed by atoms with Crippen molar-refractivity contribution in [3.05, 3.63) is 126 Å². The van der Waals surface area contributed by atoms with Gasteiger partial charge in [-0.1, -0.05) is 109 Å². The van der Waals surface area contributed by atoms with E-state index in [9.17, 15) is 5.11 Å². The van der Waals surface area contributed by atoms with Gasteiger partial charge in [-0.25, -0.2) is 4.99 Å². The van der Waals surface area contributed by atoms with Gasteiger partial charge in [-0.2, -0.15) is 0 Å². The highest BCUT2D eigenvalue weighted by molar-refractivity contribution is 7.80. The van der Waals surface area contributed by atoms with Crippen LogP contribution in [0.1, 0.15) is 17.2 Å². The van der Waals surface area contributed by atoms with E-state index >= 15 is 0 Å². The maximum atomic E-state index is 10.8. The lowest BCUT2D eigenvalue weighted by molar-refractivity contribution is 0.130. The van der Waals surface area contributed by atoms with Crippen molar-refractivity contribution in [3.8, 4) is 0 Å². The summed E-state index contributed by atoms with van der Waals surface area (Å²) in [5.74, 6) is 0.611. The van der Waals surface area contributed by atoms with E-state index in [1.54, 1.807) is 0 Å². The third-order valence-electron chi connectivity index (χ3n) is 5.58. The fourth-order valence-corrected chi connectivity index (χ4v) is 6.44. The minimum absolute atomic E-state index is 0.319. The zero-order chi connectivity index (χ0) is 21.8. The maximum Gasteiger partial charge on any atom is 0.217 e. The molecule has 5 rings (SSSR count). The average Bonchev–Trinajstić information content (AvgIpc) is 3.36. The third kappa shape index (κ3) is 4.23. The van der Waals surface area contributed by atoms with Crippen molar-refractivity contribution >= 4 is 29.7 Å². The van der Waals surface area contributed by atoms with Crippen LogP contribution in [-0.4, -0.2) is 23.7 Å². The lowest BCUT2D eigenvalue weighted by Gasteiger charge is -2.22. The summed E-state index contributed by atoms with van der Waals surface area (Å²) in [7, 11) is -0.780. The van der Waals surface area contributed by atoms with Gasteiger partial charge in [0, 0.05) is 5.56 Å². The van der Waals surface area contributed by atoms with Crippen molar-refractivity contribution in [3.63, 3.8) is 0 Å². The van der Waals surface area contributed by atoms with E-state index in [4.69, 9.17) is 9.73 Å². The molecule has 0 unspecified atom stereocenters. The number of aliphatic hydroxyl groups is 1. The molecule has 1 aliphatic heterocycles. The van der Waals surface area contributed by atoms with Crippen molar-refractivity contribution in [2.75, 3.05) is 6.61 Å². The first-order valence-electron chi connectivity index (χ1n) is 10.7. The zero-order valence-electron chi connectivity index (χ0n) is 17.6. The Morgan fingerprint density at radius 2 is 1.25 bits per heavy atom.